The van der Waals surface area contributed by atoms with Crippen molar-refractivity contribution in [3.05, 3.63) is 99.2 Å². The smallest absolute Gasteiger partial charge is 0.297 e. The van der Waals surface area contributed by atoms with E-state index in [4.69, 9.17) is 9.15 Å². The topological polar surface area (TPSA) is 72.6 Å². The molecule has 35 heavy (non-hydrogen) atoms. The van der Waals surface area contributed by atoms with Gasteiger partial charge in [0.15, 0.2) is 10.6 Å². The highest BCUT2D eigenvalue weighted by atomic mass is 32.1. The molecule has 0 saturated heterocycles. The van der Waals surface area contributed by atoms with Crippen LogP contribution in [0.2, 0.25) is 0 Å². The van der Waals surface area contributed by atoms with Crippen LogP contribution < -0.4 is 15.1 Å². The van der Waals surface area contributed by atoms with Gasteiger partial charge in [0.05, 0.1) is 33.8 Å². The van der Waals surface area contributed by atoms with Crippen LogP contribution in [0, 0.1) is 12.7 Å². The lowest BCUT2D eigenvalue weighted by atomic mass is 9.98. The fraction of sp³-hybridized carbons (Fsp3) is 0.148. The second kappa shape index (κ2) is 8.02. The van der Waals surface area contributed by atoms with Crippen LogP contribution in [0.15, 0.2) is 69.9 Å². The molecule has 6 rings (SSSR count). The predicted molar refractivity (Wildman–Crippen MR) is 133 cm³/mol. The number of aryl methyl sites for hydroxylation is 1. The third-order valence-electron chi connectivity index (χ3n) is 6.08. The molecule has 1 amide bonds. The lowest BCUT2D eigenvalue weighted by Gasteiger charge is -2.22. The van der Waals surface area contributed by atoms with Crippen LogP contribution in [0.4, 0.5) is 9.52 Å². The number of halogens is 1. The van der Waals surface area contributed by atoms with Gasteiger partial charge < -0.3 is 9.15 Å². The molecule has 8 heteroatoms. The van der Waals surface area contributed by atoms with Crippen molar-refractivity contribution in [1.82, 2.24) is 4.98 Å². The first-order valence-corrected chi connectivity index (χ1v) is 12.0. The highest BCUT2D eigenvalue weighted by Crippen LogP contribution is 2.44. The van der Waals surface area contributed by atoms with Gasteiger partial charge in [0.2, 0.25) is 5.76 Å². The monoisotopic (exact) mass is 486 g/mol. The van der Waals surface area contributed by atoms with E-state index in [0.29, 0.717) is 39.5 Å². The van der Waals surface area contributed by atoms with Crippen molar-refractivity contribution in [1.29, 1.82) is 0 Å². The van der Waals surface area contributed by atoms with Crippen molar-refractivity contribution >= 4 is 43.6 Å². The summed E-state index contributed by atoms with van der Waals surface area (Å²) in [6.45, 7) is 4.33. The summed E-state index contributed by atoms with van der Waals surface area (Å²) in [5, 5.41) is 0.815. The highest BCUT2D eigenvalue weighted by molar-refractivity contribution is 7.22. The molecule has 0 spiro atoms. The summed E-state index contributed by atoms with van der Waals surface area (Å²) in [5.74, 6) is -0.179. The second-order valence-corrected chi connectivity index (χ2v) is 9.37. The summed E-state index contributed by atoms with van der Waals surface area (Å²) in [5.41, 5.74) is 2.49. The Morgan fingerprint density at radius 2 is 1.89 bits per heavy atom. The fourth-order valence-corrected chi connectivity index (χ4v) is 5.52. The number of aromatic nitrogens is 1. The number of anilines is 1. The minimum absolute atomic E-state index is 0.0186. The van der Waals surface area contributed by atoms with E-state index < -0.39 is 17.8 Å². The van der Waals surface area contributed by atoms with Gasteiger partial charge in [-0.3, -0.25) is 14.5 Å². The third kappa shape index (κ3) is 3.40. The van der Waals surface area contributed by atoms with E-state index in [1.165, 1.54) is 28.4 Å². The molecule has 3 aromatic carbocycles. The summed E-state index contributed by atoms with van der Waals surface area (Å²) in [7, 11) is 0. The number of rotatable bonds is 4. The third-order valence-corrected chi connectivity index (χ3v) is 7.09. The van der Waals surface area contributed by atoms with E-state index in [-0.39, 0.29) is 16.8 Å². The van der Waals surface area contributed by atoms with Crippen molar-refractivity contribution < 1.29 is 18.3 Å². The lowest BCUT2D eigenvalue weighted by molar-refractivity contribution is 0.0971. The van der Waals surface area contributed by atoms with Crippen molar-refractivity contribution in [3.63, 3.8) is 0 Å². The minimum Gasteiger partial charge on any atom is -0.494 e. The van der Waals surface area contributed by atoms with E-state index in [9.17, 15) is 14.0 Å². The summed E-state index contributed by atoms with van der Waals surface area (Å²) in [6, 6.07) is 15.8. The van der Waals surface area contributed by atoms with Gasteiger partial charge in [0, 0.05) is 0 Å². The highest BCUT2D eigenvalue weighted by Gasteiger charge is 2.45. The van der Waals surface area contributed by atoms with Gasteiger partial charge in [0.25, 0.3) is 5.91 Å². The Hall–Kier alpha value is -4.04. The molecule has 1 atom stereocenters. The molecule has 0 aliphatic carbocycles. The number of carbonyl (C=O) groups excluding carboxylic acids is 1. The van der Waals surface area contributed by atoms with Gasteiger partial charge in [-0.15, -0.1) is 0 Å². The molecule has 3 heterocycles. The van der Waals surface area contributed by atoms with Crippen LogP contribution in [0.1, 0.15) is 40.2 Å². The summed E-state index contributed by atoms with van der Waals surface area (Å²) in [4.78, 5) is 33.6. The van der Waals surface area contributed by atoms with Crippen molar-refractivity contribution in [2.75, 3.05) is 11.5 Å². The molecule has 0 fully saturated rings. The van der Waals surface area contributed by atoms with E-state index in [1.807, 2.05) is 38.1 Å². The molecule has 0 N–H and O–H groups in total. The zero-order chi connectivity index (χ0) is 24.3. The van der Waals surface area contributed by atoms with Gasteiger partial charge in [-0.1, -0.05) is 35.1 Å². The molecule has 174 valence electrons. The minimum atomic E-state index is -0.800. The Morgan fingerprint density at radius 3 is 2.66 bits per heavy atom. The van der Waals surface area contributed by atoms with E-state index in [0.717, 1.165) is 10.3 Å². The zero-order valence-corrected chi connectivity index (χ0v) is 19.7. The molecular formula is C27H19FN2O4S. The van der Waals surface area contributed by atoms with Gasteiger partial charge in [0.1, 0.15) is 17.1 Å². The van der Waals surface area contributed by atoms with Gasteiger partial charge >= 0.3 is 0 Å². The summed E-state index contributed by atoms with van der Waals surface area (Å²) in [6.07, 6.45) is 0. The van der Waals surface area contributed by atoms with Crippen LogP contribution in [0.3, 0.4) is 0 Å². The molecule has 0 saturated carbocycles. The number of thiazole rings is 1. The molecule has 6 nitrogen and oxygen atoms in total. The molecule has 5 aromatic rings. The molecule has 1 aliphatic rings. The maximum Gasteiger partial charge on any atom is 0.297 e. The van der Waals surface area contributed by atoms with Crippen LogP contribution in [0.5, 0.6) is 5.75 Å². The number of hydrogen-bond acceptors (Lipinski definition) is 6. The average molecular weight is 487 g/mol. The SMILES string of the molecule is CCOc1ccc2nc(N3C(=O)c4oc5ccc(C)cc5c(=O)c4[C@@H]3c3ccc(F)cc3)sc2c1. The average Bonchev–Trinajstić information content (AvgIpc) is 3.39. The van der Waals surface area contributed by atoms with E-state index in [2.05, 4.69) is 4.98 Å². The second-order valence-electron chi connectivity index (χ2n) is 8.36. The number of amides is 1. The Balaban J connectivity index is 1.59. The van der Waals surface area contributed by atoms with Crippen LogP contribution in [-0.4, -0.2) is 17.5 Å². The normalized spacial score (nSPS) is 15.2. The largest absolute Gasteiger partial charge is 0.494 e. The predicted octanol–water partition coefficient (Wildman–Crippen LogP) is 6.00. The first-order valence-electron chi connectivity index (χ1n) is 11.1. The Kier molecular flexibility index (Phi) is 4.93. The van der Waals surface area contributed by atoms with Crippen molar-refractivity contribution in [2.45, 2.75) is 19.9 Å². The maximum absolute atomic E-state index is 13.8. The number of fused-ring (bicyclic) bond motifs is 3. The Bertz CT molecular complexity index is 1690. The molecule has 0 unspecified atom stereocenters. The molecular weight excluding hydrogens is 467 g/mol. The van der Waals surface area contributed by atoms with Crippen LogP contribution in [0.25, 0.3) is 21.2 Å². The van der Waals surface area contributed by atoms with Crippen molar-refractivity contribution in [2.24, 2.45) is 0 Å². The molecule has 0 bridgehead atoms. The zero-order valence-electron chi connectivity index (χ0n) is 18.9. The first-order chi connectivity index (χ1) is 16.9. The number of carbonyl (C=O) groups is 1. The number of nitrogens with zero attached hydrogens (tertiary/aromatic N) is 2. The van der Waals surface area contributed by atoms with Crippen LogP contribution in [-0.2, 0) is 0 Å². The number of benzene rings is 3. The van der Waals surface area contributed by atoms with Gasteiger partial charge in [-0.2, -0.15) is 0 Å². The Labute approximate surface area is 203 Å². The molecule has 1 aliphatic heterocycles. The summed E-state index contributed by atoms with van der Waals surface area (Å²) < 4.78 is 26.2. The van der Waals surface area contributed by atoms with E-state index >= 15 is 0 Å². The van der Waals surface area contributed by atoms with Gasteiger partial charge in [-0.25, -0.2) is 9.37 Å². The van der Waals surface area contributed by atoms with E-state index in [1.54, 1.807) is 24.3 Å². The molecule has 2 aromatic heterocycles. The van der Waals surface area contributed by atoms with Crippen molar-refractivity contribution in [3.8, 4) is 5.75 Å². The quantitative estimate of drug-likeness (QED) is 0.312. The van der Waals surface area contributed by atoms with Gasteiger partial charge in [-0.05, 0) is 61.9 Å². The van der Waals surface area contributed by atoms with Crippen LogP contribution >= 0.6 is 11.3 Å². The fourth-order valence-electron chi connectivity index (χ4n) is 4.50. The first kappa shape index (κ1) is 21.5. The lowest BCUT2D eigenvalue weighted by Crippen LogP contribution is -2.29. The number of ether oxygens (including phenoxy) is 1. The number of hydrogen-bond donors (Lipinski definition) is 0. The summed E-state index contributed by atoms with van der Waals surface area (Å²) >= 11 is 1.32. The maximum atomic E-state index is 13.8. The Morgan fingerprint density at radius 1 is 1.09 bits per heavy atom. The molecule has 0 radical (unpaired) electrons. The standard InChI is InChI=1S/C27H19FN2O4S/c1-3-33-17-9-10-19-21(13-17)35-27(29-19)30-23(15-5-7-16(28)8-6-15)22-24(31)18-12-14(2)4-11-20(18)34-25(22)26(30)32/h4-13,23H,3H2,1-2H3/t23-/m0/s1.